The van der Waals surface area contributed by atoms with Crippen molar-refractivity contribution in [2.45, 2.75) is 33.4 Å². The second-order valence-corrected chi connectivity index (χ2v) is 8.14. The molecule has 2 amide bonds. The molecule has 0 saturated heterocycles. The number of hydrogen-bond donors (Lipinski definition) is 1. The Morgan fingerprint density at radius 3 is 2.54 bits per heavy atom. The zero-order chi connectivity index (χ0) is 25.1. The summed E-state index contributed by atoms with van der Waals surface area (Å²) in [5.74, 6) is -1.36. The number of carbonyl (C=O) groups is 2. The second-order valence-electron chi connectivity index (χ2n) is 8.14. The molecule has 35 heavy (non-hydrogen) atoms. The topological polar surface area (TPSA) is 93.5 Å². The molecule has 2 heterocycles. The van der Waals surface area contributed by atoms with Gasteiger partial charge in [0.25, 0.3) is 5.56 Å². The minimum absolute atomic E-state index is 0.0765. The Labute approximate surface area is 200 Å². The van der Waals surface area contributed by atoms with Crippen molar-refractivity contribution in [1.82, 2.24) is 14.5 Å². The molecule has 0 unspecified atom stereocenters. The molecule has 1 aliphatic rings. The summed E-state index contributed by atoms with van der Waals surface area (Å²) < 4.78 is 33.5. The number of aromatic nitrogens is 2. The Bertz CT molecular complexity index is 1340. The average molecular weight is 482 g/mol. The first-order valence-electron chi connectivity index (χ1n) is 11.1. The van der Waals surface area contributed by atoms with E-state index in [0.29, 0.717) is 28.1 Å². The fourth-order valence-corrected chi connectivity index (χ4v) is 3.93. The predicted octanol–water partition coefficient (Wildman–Crippen LogP) is 3.65. The number of halogens is 2. The number of nitrogens with zero attached hydrogens (tertiary/aromatic N) is 3. The molecule has 8 nitrogen and oxygen atoms in total. The highest BCUT2D eigenvalue weighted by molar-refractivity contribution is 5.91. The van der Waals surface area contributed by atoms with Crippen LogP contribution in [0.3, 0.4) is 0 Å². The van der Waals surface area contributed by atoms with Gasteiger partial charge in [-0.15, -0.1) is 0 Å². The van der Waals surface area contributed by atoms with E-state index in [0.717, 1.165) is 0 Å². The summed E-state index contributed by atoms with van der Waals surface area (Å²) in [7, 11) is 0. The first-order valence-corrected chi connectivity index (χ1v) is 11.1. The van der Waals surface area contributed by atoms with Crippen LogP contribution < -0.4 is 10.9 Å². The van der Waals surface area contributed by atoms with Gasteiger partial charge in [0.15, 0.2) is 0 Å². The van der Waals surface area contributed by atoms with Crippen molar-refractivity contribution in [3.05, 3.63) is 81.3 Å². The van der Waals surface area contributed by atoms with Crippen molar-refractivity contribution >= 4 is 17.7 Å². The van der Waals surface area contributed by atoms with E-state index >= 15 is 0 Å². The lowest BCUT2D eigenvalue weighted by Gasteiger charge is -2.28. The Morgan fingerprint density at radius 2 is 1.83 bits per heavy atom. The number of amides is 2. The SMILES string of the molecule is CCOC(=O)N1CCc2c(nc(-c3ccc(F)cc3)n(CC(=O)Nc3cc(F)ccc3C)c2=O)C1. The highest BCUT2D eigenvalue weighted by Gasteiger charge is 2.27. The minimum Gasteiger partial charge on any atom is -0.450 e. The molecule has 3 aromatic rings. The second kappa shape index (κ2) is 10.0. The lowest BCUT2D eigenvalue weighted by Crippen LogP contribution is -2.42. The van der Waals surface area contributed by atoms with E-state index in [1.807, 2.05) is 0 Å². The molecule has 0 radical (unpaired) electrons. The number of anilines is 1. The van der Waals surface area contributed by atoms with E-state index in [-0.39, 0.29) is 38.5 Å². The summed E-state index contributed by atoms with van der Waals surface area (Å²) in [6, 6.07) is 9.40. The molecule has 0 bridgehead atoms. The largest absolute Gasteiger partial charge is 0.450 e. The summed E-state index contributed by atoms with van der Waals surface area (Å²) in [5.41, 5.74) is 1.74. The molecule has 0 saturated carbocycles. The highest BCUT2D eigenvalue weighted by atomic mass is 19.1. The Kier molecular flexibility index (Phi) is 6.90. The van der Waals surface area contributed by atoms with Crippen LogP contribution in [0.2, 0.25) is 0 Å². The number of carbonyl (C=O) groups excluding carboxylic acids is 2. The van der Waals surface area contributed by atoms with Crippen molar-refractivity contribution in [3.8, 4) is 11.4 Å². The molecule has 1 aromatic heterocycles. The van der Waals surface area contributed by atoms with Crippen LogP contribution >= 0.6 is 0 Å². The Balaban J connectivity index is 1.72. The number of hydrogen-bond acceptors (Lipinski definition) is 5. The van der Waals surface area contributed by atoms with Gasteiger partial charge in [0.05, 0.1) is 18.8 Å². The fraction of sp³-hybridized carbons (Fsp3) is 0.280. The van der Waals surface area contributed by atoms with Gasteiger partial charge in [-0.25, -0.2) is 18.6 Å². The number of rotatable bonds is 5. The smallest absolute Gasteiger partial charge is 0.410 e. The van der Waals surface area contributed by atoms with Gasteiger partial charge in [-0.3, -0.25) is 14.2 Å². The lowest BCUT2D eigenvalue weighted by atomic mass is 10.1. The van der Waals surface area contributed by atoms with E-state index in [2.05, 4.69) is 10.3 Å². The van der Waals surface area contributed by atoms with Crippen LogP contribution in [0.15, 0.2) is 47.3 Å². The van der Waals surface area contributed by atoms with Crippen molar-refractivity contribution < 1.29 is 23.1 Å². The summed E-state index contributed by atoms with van der Waals surface area (Å²) >= 11 is 0. The summed E-state index contributed by atoms with van der Waals surface area (Å²) in [6.45, 7) is 3.61. The number of fused-ring (bicyclic) bond motifs is 1. The Morgan fingerprint density at radius 1 is 1.11 bits per heavy atom. The normalized spacial score (nSPS) is 12.7. The zero-order valence-corrected chi connectivity index (χ0v) is 19.3. The van der Waals surface area contributed by atoms with Crippen LogP contribution in [0.1, 0.15) is 23.7 Å². The molecule has 1 aliphatic heterocycles. The number of aryl methyl sites for hydroxylation is 1. The Hall–Kier alpha value is -4.08. The summed E-state index contributed by atoms with van der Waals surface area (Å²) in [5, 5.41) is 2.63. The van der Waals surface area contributed by atoms with Crippen molar-refractivity contribution in [2.75, 3.05) is 18.5 Å². The van der Waals surface area contributed by atoms with E-state index in [4.69, 9.17) is 4.74 Å². The van der Waals surface area contributed by atoms with Crippen molar-refractivity contribution in [2.24, 2.45) is 0 Å². The van der Waals surface area contributed by atoms with Crippen LogP contribution in [0.5, 0.6) is 0 Å². The van der Waals surface area contributed by atoms with Gasteiger partial charge in [-0.2, -0.15) is 0 Å². The molecule has 0 fully saturated rings. The molecular formula is C25H24F2N4O4. The maximum absolute atomic E-state index is 13.6. The molecule has 2 aromatic carbocycles. The molecule has 0 aliphatic carbocycles. The van der Waals surface area contributed by atoms with Crippen LogP contribution in [0, 0.1) is 18.6 Å². The van der Waals surface area contributed by atoms with Gasteiger partial charge in [0.1, 0.15) is 24.0 Å². The number of benzene rings is 2. The van der Waals surface area contributed by atoms with Gasteiger partial charge in [-0.1, -0.05) is 6.07 Å². The van der Waals surface area contributed by atoms with Crippen molar-refractivity contribution in [3.63, 3.8) is 0 Å². The average Bonchev–Trinajstić information content (AvgIpc) is 2.83. The van der Waals surface area contributed by atoms with Crippen molar-refractivity contribution in [1.29, 1.82) is 0 Å². The highest BCUT2D eigenvalue weighted by Crippen LogP contribution is 2.22. The van der Waals surface area contributed by atoms with Gasteiger partial charge < -0.3 is 15.0 Å². The fourth-order valence-electron chi connectivity index (χ4n) is 3.93. The standard InChI is InChI=1S/C25H24F2N4O4/c1-3-35-25(34)30-11-10-19-21(13-30)29-23(16-5-8-17(26)9-6-16)31(24(19)33)14-22(32)28-20-12-18(27)7-4-15(20)2/h4-9,12H,3,10-11,13-14H2,1-2H3,(H,28,32). The van der Waals surface area contributed by atoms with E-state index in [9.17, 15) is 23.2 Å². The minimum atomic E-state index is -0.546. The molecule has 182 valence electrons. The predicted molar refractivity (Wildman–Crippen MR) is 125 cm³/mol. The summed E-state index contributed by atoms with van der Waals surface area (Å²) in [6.07, 6.45) is -0.258. The summed E-state index contributed by atoms with van der Waals surface area (Å²) in [4.78, 5) is 44.6. The lowest BCUT2D eigenvalue weighted by molar-refractivity contribution is -0.116. The van der Waals surface area contributed by atoms with Gasteiger partial charge in [0.2, 0.25) is 5.91 Å². The molecule has 4 rings (SSSR count). The van der Waals surface area contributed by atoms with Crippen LogP contribution in [0.4, 0.5) is 19.3 Å². The molecule has 0 spiro atoms. The monoisotopic (exact) mass is 482 g/mol. The van der Waals surface area contributed by atoms with Crippen LogP contribution in [-0.2, 0) is 29.0 Å². The van der Waals surface area contributed by atoms with Gasteiger partial charge in [0, 0.05) is 23.4 Å². The maximum atomic E-state index is 13.6. The van der Waals surface area contributed by atoms with Gasteiger partial charge >= 0.3 is 6.09 Å². The third kappa shape index (κ3) is 5.21. The number of nitrogens with one attached hydrogen (secondary N) is 1. The van der Waals surface area contributed by atoms with Crippen LogP contribution in [-0.4, -0.2) is 39.6 Å². The maximum Gasteiger partial charge on any atom is 0.410 e. The van der Waals surface area contributed by atoms with E-state index in [1.165, 1.54) is 51.9 Å². The van der Waals surface area contributed by atoms with Gasteiger partial charge in [-0.05, 0) is 62.2 Å². The number of ether oxygens (including phenoxy) is 1. The quantitative estimate of drug-likeness (QED) is 0.599. The first kappa shape index (κ1) is 24.1. The first-order chi connectivity index (χ1) is 16.8. The third-order valence-electron chi connectivity index (χ3n) is 5.72. The van der Waals surface area contributed by atoms with E-state index < -0.39 is 29.2 Å². The molecule has 10 heteroatoms. The zero-order valence-electron chi connectivity index (χ0n) is 19.3. The van der Waals surface area contributed by atoms with E-state index in [1.54, 1.807) is 13.8 Å². The molecular weight excluding hydrogens is 458 g/mol. The van der Waals surface area contributed by atoms with Crippen LogP contribution in [0.25, 0.3) is 11.4 Å². The molecule has 0 atom stereocenters. The third-order valence-corrected chi connectivity index (χ3v) is 5.72. The molecule has 1 N–H and O–H groups in total.